The van der Waals surface area contributed by atoms with E-state index in [1.807, 2.05) is 18.2 Å². The molecule has 15 heavy (non-hydrogen) atoms. The van der Waals surface area contributed by atoms with Crippen LogP contribution in [0.3, 0.4) is 0 Å². The minimum absolute atomic E-state index is 0.136. The van der Waals surface area contributed by atoms with Gasteiger partial charge in [0.05, 0.1) is 6.67 Å². The van der Waals surface area contributed by atoms with E-state index in [2.05, 4.69) is 0 Å². The smallest absolute Gasteiger partial charge is 0.118 e. The maximum Gasteiger partial charge on any atom is 0.118 e. The van der Waals surface area contributed by atoms with Crippen molar-refractivity contribution < 1.29 is 9.50 Å². The molecule has 0 saturated heterocycles. The molecule has 2 aromatic carbocycles. The fourth-order valence-corrected chi connectivity index (χ4v) is 1.83. The summed E-state index contributed by atoms with van der Waals surface area (Å²) in [5, 5.41) is 11.1. The predicted molar refractivity (Wildman–Crippen MR) is 59.7 cm³/mol. The van der Waals surface area contributed by atoms with Gasteiger partial charge in [-0.1, -0.05) is 18.2 Å². The van der Waals surface area contributed by atoms with Gasteiger partial charge in [0.15, 0.2) is 0 Å². The average molecular weight is 205 g/mol. The second kappa shape index (κ2) is 3.77. The molecule has 78 valence electrons. The number of hydrogen-bond acceptors (Lipinski definition) is 2. The van der Waals surface area contributed by atoms with Gasteiger partial charge in [-0.05, 0) is 17.0 Å². The van der Waals surface area contributed by atoms with E-state index in [-0.39, 0.29) is 5.75 Å². The summed E-state index contributed by atoms with van der Waals surface area (Å²) in [5.41, 5.74) is 7.18. The lowest BCUT2D eigenvalue weighted by Crippen LogP contribution is -1.93. The lowest BCUT2D eigenvalue weighted by molar-refractivity contribution is 0.476. The molecule has 0 radical (unpaired) electrons. The maximum absolute atomic E-state index is 12.3. The molecule has 3 N–H and O–H groups in total. The van der Waals surface area contributed by atoms with Crippen molar-refractivity contribution in [1.29, 1.82) is 0 Å². The highest BCUT2D eigenvalue weighted by Crippen LogP contribution is 2.29. The third kappa shape index (κ3) is 1.73. The van der Waals surface area contributed by atoms with Crippen LogP contribution in [-0.4, -0.2) is 11.8 Å². The molecule has 0 aliphatic rings. The average Bonchev–Trinajstić information content (AvgIpc) is 2.17. The zero-order chi connectivity index (χ0) is 10.8. The van der Waals surface area contributed by atoms with Crippen LogP contribution in [0.4, 0.5) is 10.1 Å². The van der Waals surface area contributed by atoms with Crippen LogP contribution in [0.2, 0.25) is 0 Å². The summed E-state index contributed by atoms with van der Waals surface area (Å²) in [6.45, 7) is -0.403. The van der Waals surface area contributed by atoms with Gasteiger partial charge in [0.25, 0.3) is 0 Å². The number of hydrogen-bond donors (Lipinski definition) is 2. The Hall–Kier alpha value is -1.77. The van der Waals surface area contributed by atoms with Crippen LogP contribution in [-0.2, 0) is 6.42 Å². The van der Waals surface area contributed by atoms with Gasteiger partial charge in [0.2, 0.25) is 0 Å². The molecule has 0 spiro atoms. The first-order valence-electron chi connectivity index (χ1n) is 4.78. The highest BCUT2D eigenvalue weighted by atomic mass is 19.1. The van der Waals surface area contributed by atoms with E-state index in [1.165, 1.54) is 6.07 Å². The molecular weight excluding hydrogens is 193 g/mol. The summed E-state index contributed by atoms with van der Waals surface area (Å²) in [7, 11) is 0. The van der Waals surface area contributed by atoms with Crippen molar-refractivity contribution >= 4 is 16.5 Å². The van der Waals surface area contributed by atoms with Crippen molar-refractivity contribution in [2.24, 2.45) is 0 Å². The quantitative estimate of drug-likeness (QED) is 0.740. The normalized spacial score (nSPS) is 10.7. The highest BCUT2D eigenvalue weighted by molar-refractivity contribution is 5.96. The van der Waals surface area contributed by atoms with Crippen molar-refractivity contribution in [3.8, 4) is 5.75 Å². The Kier molecular flexibility index (Phi) is 2.46. The summed E-state index contributed by atoms with van der Waals surface area (Å²) >= 11 is 0. The molecule has 2 nitrogen and oxygen atoms in total. The van der Waals surface area contributed by atoms with E-state index in [9.17, 15) is 9.50 Å². The standard InChI is InChI=1S/C12H12FNO/c13-5-4-8-2-1-3-9-6-10(15)7-11(14)12(8)9/h1-3,6-7,15H,4-5,14H2. The second-order valence-electron chi connectivity index (χ2n) is 3.49. The number of halogens is 1. The van der Waals surface area contributed by atoms with Gasteiger partial charge < -0.3 is 10.8 Å². The largest absolute Gasteiger partial charge is 0.508 e. The van der Waals surface area contributed by atoms with Gasteiger partial charge in [-0.2, -0.15) is 0 Å². The van der Waals surface area contributed by atoms with Crippen LogP contribution in [0.1, 0.15) is 5.56 Å². The number of nitrogen functional groups attached to an aromatic ring is 1. The lowest BCUT2D eigenvalue weighted by atomic mass is 10.0. The first-order chi connectivity index (χ1) is 7.22. The van der Waals surface area contributed by atoms with Crippen LogP contribution in [0.15, 0.2) is 30.3 Å². The van der Waals surface area contributed by atoms with Gasteiger partial charge >= 0.3 is 0 Å². The van der Waals surface area contributed by atoms with Gasteiger partial charge in [0, 0.05) is 23.6 Å². The summed E-state index contributed by atoms with van der Waals surface area (Å²) in [6.07, 6.45) is 0.353. The van der Waals surface area contributed by atoms with Gasteiger partial charge in [-0.15, -0.1) is 0 Å². The van der Waals surface area contributed by atoms with Crippen LogP contribution in [0, 0.1) is 0 Å². The Morgan fingerprint density at radius 3 is 2.80 bits per heavy atom. The fraction of sp³-hybridized carbons (Fsp3) is 0.167. The molecule has 2 aromatic rings. The van der Waals surface area contributed by atoms with E-state index >= 15 is 0 Å². The third-order valence-corrected chi connectivity index (χ3v) is 2.44. The molecule has 0 atom stereocenters. The molecule has 3 heteroatoms. The zero-order valence-corrected chi connectivity index (χ0v) is 8.20. The fourth-order valence-electron chi connectivity index (χ4n) is 1.83. The highest BCUT2D eigenvalue weighted by Gasteiger charge is 2.05. The Morgan fingerprint density at radius 2 is 2.07 bits per heavy atom. The van der Waals surface area contributed by atoms with Crippen molar-refractivity contribution in [1.82, 2.24) is 0 Å². The molecule has 2 rings (SSSR count). The molecule has 0 bridgehead atoms. The number of phenolic OH excluding ortho intramolecular Hbond substituents is 1. The number of benzene rings is 2. The van der Waals surface area contributed by atoms with Crippen LogP contribution < -0.4 is 5.73 Å². The number of anilines is 1. The number of nitrogens with two attached hydrogens (primary N) is 1. The molecule has 0 heterocycles. The van der Waals surface area contributed by atoms with Crippen LogP contribution in [0.25, 0.3) is 10.8 Å². The topological polar surface area (TPSA) is 46.2 Å². The number of alkyl halides is 1. The minimum atomic E-state index is -0.403. The number of phenols is 1. The lowest BCUT2D eigenvalue weighted by Gasteiger charge is -2.08. The molecule has 0 aliphatic carbocycles. The monoisotopic (exact) mass is 205 g/mol. The van der Waals surface area contributed by atoms with E-state index in [4.69, 9.17) is 5.73 Å². The van der Waals surface area contributed by atoms with E-state index in [0.29, 0.717) is 12.1 Å². The molecule has 0 amide bonds. The maximum atomic E-state index is 12.3. The summed E-state index contributed by atoms with van der Waals surface area (Å²) < 4.78 is 12.3. The molecule has 0 saturated carbocycles. The predicted octanol–water partition coefficient (Wildman–Crippen LogP) is 2.64. The Labute approximate surface area is 87.1 Å². The van der Waals surface area contributed by atoms with Crippen molar-refractivity contribution in [3.63, 3.8) is 0 Å². The summed E-state index contributed by atoms with van der Waals surface area (Å²) in [4.78, 5) is 0. The van der Waals surface area contributed by atoms with Gasteiger partial charge in [-0.3, -0.25) is 4.39 Å². The Balaban J connectivity index is 2.73. The van der Waals surface area contributed by atoms with E-state index < -0.39 is 6.67 Å². The third-order valence-electron chi connectivity index (χ3n) is 2.44. The Morgan fingerprint density at radius 1 is 1.27 bits per heavy atom. The minimum Gasteiger partial charge on any atom is -0.508 e. The SMILES string of the molecule is Nc1cc(O)cc2cccc(CCF)c12. The Bertz CT molecular complexity index is 496. The molecule has 0 aromatic heterocycles. The van der Waals surface area contributed by atoms with Crippen molar-refractivity contribution in [2.45, 2.75) is 6.42 Å². The second-order valence-corrected chi connectivity index (χ2v) is 3.49. The number of rotatable bonds is 2. The molecule has 0 aliphatic heterocycles. The molecule has 0 unspecified atom stereocenters. The number of fused-ring (bicyclic) bond motifs is 1. The van der Waals surface area contributed by atoms with Gasteiger partial charge in [0.1, 0.15) is 5.75 Å². The summed E-state index contributed by atoms with van der Waals surface area (Å²) in [6, 6.07) is 8.67. The first kappa shape index (κ1) is 9.77. The van der Waals surface area contributed by atoms with Crippen LogP contribution >= 0.6 is 0 Å². The number of aryl methyl sites for hydroxylation is 1. The zero-order valence-electron chi connectivity index (χ0n) is 8.20. The van der Waals surface area contributed by atoms with Crippen molar-refractivity contribution in [2.75, 3.05) is 12.4 Å². The van der Waals surface area contributed by atoms with Crippen LogP contribution in [0.5, 0.6) is 5.75 Å². The molecular formula is C12H12FNO. The first-order valence-corrected chi connectivity index (χ1v) is 4.78. The summed E-state index contributed by atoms with van der Waals surface area (Å²) in [5.74, 6) is 0.136. The molecule has 0 fully saturated rings. The van der Waals surface area contributed by atoms with Gasteiger partial charge in [-0.25, -0.2) is 0 Å². The van der Waals surface area contributed by atoms with E-state index in [0.717, 1.165) is 16.3 Å². The number of aromatic hydroxyl groups is 1. The van der Waals surface area contributed by atoms with Crippen molar-refractivity contribution in [3.05, 3.63) is 35.9 Å². The van der Waals surface area contributed by atoms with E-state index in [1.54, 1.807) is 6.07 Å².